The van der Waals surface area contributed by atoms with E-state index < -0.39 is 10.9 Å². The molecule has 0 heterocycles. The van der Waals surface area contributed by atoms with Crippen LogP contribution in [0.1, 0.15) is 17.3 Å². The zero-order valence-corrected chi connectivity index (χ0v) is 9.81. The third kappa shape index (κ3) is 3.43. The van der Waals surface area contributed by atoms with Gasteiger partial charge in [0.25, 0.3) is 5.69 Å². The van der Waals surface area contributed by atoms with Crippen LogP contribution in [0.15, 0.2) is 23.1 Å². The van der Waals surface area contributed by atoms with Gasteiger partial charge in [0.2, 0.25) is 0 Å². The minimum atomic E-state index is -1.15. The number of aliphatic hydroxyl groups excluding tert-OH is 1. The highest BCUT2D eigenvalue weighted by atomic mass is 32.2. The Bertz CT molecular complexity index is 448. The van der Waals surface area contributed by atoms with E-state index in [1.165, 1.54) is 12.1 Å². The zero-order chi connectivity index (χ0) is 13.0. The highest BCUT2D eigenvalue weighted by molar-refractivity contribution is 8.00. The predicted molar refractivity (Wildman–Crippen MR) is 62.5 cm³/mol. The van der Waals surface area contributed by atoms with Crippen molar-refractivity contribution in [1.82, 2.24) is 0 Å². The number of non-ortho nitro benzene ring substituents is 1. The summed E-state index contributed by atoms with van der Waals surface area (Å²) in [6.07, 6.45) is 0. The van der Waals surface area contributed by atoms with Gasteiger partial charge in [0.15, 0.2) is 0 Å². The SMILES string of the molecule is CC(CO)Sc1cc([N+](=O)[O-])ccc1C(=O)O. The molecule has 1 unspecified atom stereocenters. The van der Waals surface area contributed by atoms with Crippen LogP contribution in [0.2, 0.25) is 0 Å². The number of carboxylic acids is 1. The lowest BCUT2D eigenvalue weighted by atomic mass is 10.2. The third-order valence-corrected chi connectivity index (χ3v) is 3.13. The van der Waals surface area contributed by atoms with Gasteiger partial charge in [-0.25, -0.2) is 4.79 Å². The molecule has 17 heavy (non-hydrogen) atoms. The van der Waals surface area contributed by atoms with Crippen molar-refractivity contribution in [2.75, 3.05) is 6.61 Å². The summed E-state index contributed by atoms with van der Waals surface area (Å²) in [5.74, 6) is -1.15. The van der Waals surface area contributed by atoms with Gasteiger partial charge in [0, 0.05) is 22.3 Å². The van der Waals surface area contributed by atoms with Crippen LogP contribution in [0.25, 0.3) is 0 Å². The maximum atomic E-state index is 10.9. The van der Waals surface area contributed by atoms with Crippen LogP contribution >= 0.6 is 11.8 Å². The molecule has 7 heteroatoms. The summed E-state index contributed by atoms with van der Waals surface area (Å²) in [4.78, 5) is 21.2. The largest absolute Gasteiger partial charge is 0.478 e. The van der Waals surface area contributed by atoms with Gasteiger partial charge in [-0.05, 0) is 6.07 Å². The van der Waals surface area contributed by atoms with Crippen molar-refractivity contribution in [2.24, 2.45) is 0 Å². The maximum absolute atomic E-state index is 10.9. The van der Waals surface area contributed by atoms with Crippen molar-refractivity contribution in [2.45, 2.75) is 17.1 Å². The third-order valence-electron chi connectivity index (χ3n) is 1.99. The fourth-order valence-electron chi connectivity index (χ4n) is 1.15. The lowest BCUT2D eigenvalue weighted by Gasteiger charge is -2.09. The molecule has 0 radical (unpaired) electrons. The van der Waals surface area contributed by atoms with Gasteiger partial charge in [0.1, 0.15) is 0 Å². The fraction of sp³-hybridized carbons (Fsp3) is 0.300. The van der Waals surface area contributed by atoms with Crippen LogP contribution in [0, 0.1) is 10.1 Å². The minimum Gasteiger partial charge on any atom is -0.478 e. The summed E-state index contributed by atoms with van der Waals surface area (Å²) >= 11 is 1.09. The van der Waals surface area contributed by atoms with E-state index in [1.54, 1.807) is 6.92 Å². The number of aliphatic hydroxyl groups is 1. The Morgan fingerprint density at radius 1 is 1.59 bits per heavy atom. The first kappa shape index (κ1) is 13.5. The molecule has 1 aromatic rings. The molecule has 0 fully saturated rings. The van der Waals surface area contributed by atoms with E-state index in [9.17, 15) is 14.9 Å². The number of hydrogen-bond acceptors (Lipinski definition) is 5. The summed E-state index contributed by atoms with van der Waals surface area (Å²) in [5.41, 5.74) is -0.163. The summed E-state index contributed by atoms with van der Waals surface area (Å²) in [6.45, 7) is 1.57. The molecule has 1 atom stereocenters. The van der Waals surface area contributed by atoms with Gasteiger partial charge in [0.05, 0.1) is 17.1 Å². The van der Waals surface area contributed by atoms with Crippen molar-refractivity contribution in [1.29, 1.82) is 0 Å². The fourth-order valence-corrected chi connectivity index (χ4v) is 2.13. The monoisotopic (exact) mass is 257 g/mol. The number of benzene rings is 1. The Labute approximate surface area is 101 Å². The molecule has 2 N–H and O–H groups in total. The number of nitro benzene ring substituents is 1. The second kappa shape index (κ2) is 5.65. The summed E-state index contributed by atoms with van der Waals surface area (Å²) in [5, 5.41) is 28.2. The van der Waals surface area contributed by atoms with Crippen LogP contribution in [-0.2, 0) is 0 Å². The highest BCUT2D eigenvalue weighted by Gasteiger charge is 2.17. The van der Waals surface area contributed by atoms with E-state index >= 15 is 0 Å². The molecule has 92 valence electrons. The van der Waals surface area contributed by atoms with E-state index in [1.807, 2.05) is 0 Å². The molecule has 0 spiro atoms. The summed E-state index contributed by atoms with van der Waals surface area (Å²) in [6, 6.07) is 3.56. The van der Waals surface area contributed by atoms with E-state index in [0.717, 1.165) is 17.8 Å². The molecule has 0 saturated carbocycles. The van der Waals surface area contributed by atoms with Gasteiger partial charge in [-0.15, -0.1) is 11.8 Å². The normalized spacial score (nSPS) is 12.1. The van der Waals surface area contributed by atoms with Crippen molar-refractivity contribution in [3.05, 3.63) is 33.9 Å². The first-order valence-electron chi connectivity index (χ1n) is 4.75. The Hall–Kier alpha value is -1.60. The molecule has 1 aromatic carbocycles. The lowest BCUT2D eigenvalue weighted by molar-refractivity contribution is -0.385. The number of thioether (sulfide) groups is 1. The number of rotatable bonds is 5. The molecule has 1 rings (SSSR count). The number of aromatic carboxylic acids is 1. The Morgan fingerprint density at radius 2 is 2.24 bits per heavy atom. The number of carbonyl (C=O) groups is 1. The van der Waals surface area contributed by atoms with Crippen LogP contribution in [0.3, 0.4) is 0 Å². The Morgan fingerprint density at radius 3 is 2.71 bits per heavy atom. The molecule has 0 aromatic heterocycles. The van der Waals surface area contributed by atoms with Gasteiger partial charge < -0.3 is 10.2 Å². The molecular formula is C10H11NO5S. The average molecular weight is 257 g/mol. The Balaban J connectivity index is 3.15. The molecule has 0 aliphatic rings. The second-order valence-electron chi connectivity index (χ2n) is 3.35. The topological polar surface area (TPSA) is 101 Å². The van der Waals surface area contributed by atoms with Gasteiger partial charge >= 0.3 is 5.97 Å². The summed E-state index contributed by atoms with van der Waals surface area (Å²) in [7, 11) is 0. The van der Waals surface area contributed by atoms with E-state index in [2.05, 4.69) is 0 Å². The zero-order valence-electron chi connectivity index (χ0n) is 8.99. The molecule has 0 aliphatic carbocycles. The maximum Gasteiger partial charge on any atom is 0.336 e. The van der Waals surface area contributed by atoms with Gasteiger partial charge in [-0.2, -0.15) is 0 Å². The van der Waals surface area contributed by atoms with Gasteiger partial charge in [-0.1, -0.05) is 6.92 Å². The number of nitrogens with zero attached hydrogens (tertiary/aromatic N) is 1. The first-order valence-corrected chi connectivity index (χ1v) is 5.63. The minimum absolute atomic E-state index is 0.000833. The van der Waals surface area contributed by atoms with Crippen molar-refractivity contribution < 1.29 is 19.9 Å². The second-order valence-corrected chi connectivity index (χ2v) is 4.83. The molecule has 6 nitrogen and oxygen atoms in total. The molecule has 0 aliphatic heterocycles. The molecule has 0 saturated heterocycles. The first-order chi connectivity index (χ1) is 7.95. The van der Waals surface area contributed by atoms with E-state index in [0.29, 0.717) is 0 Å². The molecule has 0 bridgehead atoms. The predicted octanol–water partition coefficient (Wildman–Crippen LogP) is 1.77. The van der Waals surface area contributed by atoms with Crippen molar-refractivity contribution in [3.63, 3.8) is 0 Å². The van der Waals surface area contributed by atoms with E-state index in [4.69, 9.17) is 10.2 Å². The van der Waals surface area contributed by atoms with Crippen LogP contribution < -0.4 is 0 Å². The number of nitro groups is 1. The quantitative estimate of drug-likeness (QED) is 0.473. The van der Waals surface area contributed by atoms with E-state index in [-0.39, 0.29) is 28.0 Å². The number of hydrogen-bond donors (Lipinski definition) is 2. The lowest BCUT2D eigenvalue weighted by Crippen LogP contribution is -2.05. The smallest absolute Gasteiger partial charge is 0.336 e. The molecular weight excluding hydrogens is 246 g/mol. The number of carboxylic acid groups (broad SMARTS) is 1. The highest BCUT2D eigenvalue weighted by Crippen LogP contribution is 2.30. The van der Waals surface area contributed by atoms with Crippen molar-refractivity contribution >= 4 is 23.4 Å². The van der Waals surface area contributed by atoms with Crippen LogP contribution in [-0.4, -0.2) is 33.0 Å². The standard InChI is InChI=1S/C10H11NO5S/c1-6(5-12)17-9-4-7(11(15)16)2-3-8(9)10(13)14/h2-4,6,12H,5H2,1H3,(H,13,14). The molecule has 0 amide bonds. The average Bonchev–Trinajstić information content (AvgIpc) is 2.28. The van der Waals surface area contributed by atoms with Crippen molar-refractivity contribution in [3.8, 4) is 0 Å². The van der Waals surface area contributed by atoms with Crippen LogP contribution in [0.5, 0.6) is 0 Å². The van der Waals surface area contributed by atoms with Crippen LogP contribution in [0.4, 0.5) is 5.69 Å². The van der Waals surface area contributed by atoms with Gasteiger partial charge in [-0.3, -0.25) is 10.1 Å². The summed E-state index contributed by atoms with van der Waals surface area (Å²) < 4.78 is 0. The Kier molecular flexibility index (Phi) is 4.47.